The van der Waals surface area contributed by atoms with E-state index in [1.165, 1.54) is 37.5 Å². The minimum Gasteiger partial charge on any atom is -0.397 e. The van der Waals surface area contributed by atoms with Gasteiger partial charge in [0.25, 0.3) is 0 Å². The lowest BCUT2D eigenvalue weighted by Gasteiger charge is -2.09. The first kappa shape index (κ1) is 15.3. The molecule has 0 atom stereocenters. The topological polar surface area (TPSA) is 67.2 Å². The lowest BCUT2D eigenvalue weighted by molar-refractivity contribution is 0.252. The van der Waals surface area contributed by atoms with Crippen molar-refractivity contribution in [3.05, 3.63) is 24.0 Å². The molecule has 0 aromatic heterocycles. The molecule has 19 heavy (non-hydrogen) atoms. The highest BCUT2D eigenvalue weighted by molar-refractivity contribution is 5.92. The molecule has 1 aromatic rings. The quantitative estimate of drug-likeness (QED) is 0.523. The van der Waals surface area contributed by atoms with E-state index in [-0.39, 0.29) is 11.7 Å². The number of carbonyl (C=O) groups is 1. The minimum atomic E-state index is -0.417. The number of nitrogens with two attached hydrogens (primary N) is 1. The third-order valence-electron chi connectivity index (χ3n) is 2.83. The van der Waals surface area contributed by atoms with Crippen LogP contribution in [0.3, 0.4) is 0 Å². The molecule has 106 valence electrons. The molecule has 4 nitrogen and oxygen atoms in total. The van der Waals surface area contributed by atoms with Crippen LogP contribution >= 0.6 is 0 Å². The fraction of sp³-hybridized carbons (Fsp3) is 0.500. The molecule has 0 bridgehead atoms. The number of carbonyl (C=O) groups excluding carboxylic acids is 1. The average Bonchev–Trinajstić information content (AvgIpc) is 2.37. The van der Waals surface area contributed by atoms with Gasteiger partial charge < -0.3 is 16.4 Å². The summed E-state index contributed by atoms with van der Waals surface area (Å²) in [4.78, 5) is 11.6. The Balaban J connectivity index is 2.23. The van der Waals surface area contributed by atoms with Crippen molar-refractivity contribution in [3.8, 4) is 0 Å². The predicted octanol–water partition coefficient (Wildman–Crippen LogP) is 3.50. The molecule has 0 aliphatic carbocycles. The van der Waals surface area contributed by atoms with Crippen LogP contribution in [0.2, 0.25) is 0 Å². The Bertz CT molecular complexity index is 410. The van der Waals surface area contributed by atoms with E-state index < -0.39 is 5.82 Å². The Hall–Kier alpha value is -1.78. The Labute approximate surface area is 113 Å². The van der Waals surface area contributed by atoms with E-state index in [0.29, 0.717) is 12.2 Å². The van der Waals surface area contributed by atoms with E-state index in [4.69, 9.17) is 5.73 Å². The summed E-state index contributed by atoms with van der Waals surface area (Å²) in [6.07, 6.45) is 5.72. The van der Waals surface area contributed by atoms with Crippen LogP contribution in [0, 0.1) is 5.82 Å². The van der Waals surface area contributed by atoms with Crippen molar-refractivity contribution >= 4 is 17.4 Å². The van der Waals surface area contributed by atoms with Crippen LogP contribution in [-0.4, -0.2) is 12.6 Å². The van der Waals surface area contributed by atoms with Gasteiger partial charge in [0.05, 0.1) is 11.4 Å². The fourth-order valence-electron chi connectivity index (χ4n) is 1.74. The van der Waals surface area contributed by atoms with Gasteiger partial charge in [0, 0.05) is 6.54 Å². The van der Waals surface area contributed by atoms with Gasteiger partial charge in [-0.2, -0.15) is 0 Å². The summed E-state index contributed by atoms with van der Waals surface area (Å²) in [5, 5.41) is 5.35. The Morgan fingerprint density at radius 1 is 1.26 bits per heavy atom. The van der Waals surface area contributed by atoms with E-state index >= 15 is 0 Å². The summed E-state index contributed by atoms with van der Waals surface area (Å²) in [6, 6.07) is 3.58. The van der Waals surface area contributed by atoms with E-state index in [0.717, 1.165) is 12.8 Å². The molecule has 4 N–H and O–H groups in total. The molecule has 0 aliphatic rings. The normalized spacial score (nSPS) is 10.2. The lowest BCUT2D eigenvalue weighted by Crippen LogP contribution is -2.29. The molecule has 0 saturated heterocycles. The predicted molar refractivity (Wildman–Crippen MR) is 76.6 cm³/mol. The van der Waals surface area contributed by atoms with Gasteiger partial charge in [0.1, 0.15) is 5.82 Å². The molecule has 0 fully saturated rings. The molecule has 0 radical (unpaired) electrons. The Morgan fingerprint density at radius 3 is 2.68 bits per heavy atom. The number of rotatable bonds is 7. The maximum Gasteiger partial charge on any atom is 0.319 e. The molecule has 1 rings (SSSR count). The number of nitrogens with one attached hydrogen (secondary N) is 2. The molecule has 0 saturated carbocycles. The zero-order valence-corrected chi connectivity index (χ0v) is 11.3. The first-order chi connectivity index (χ1) is 9.13. The van der Waals surface area contributed by atoms with Crippen molar-refractivity contribution in [2.75, 3.05) is 17.6 Å². The number of halogens is 1. The minimum absolute atomic E-state index is 0.220. The number of hydrogen-bond acceptors (Lipinski definition) is 2. The molecular weight excluding hydrogens is 245 g/mol. The van der Waals surface area contributed by atoms with Crippen molar-refractivity contribution in [2.24, 2.45) is 0 Å². The van der Waals surface area contributed by atoms with Gasteiger partial charge in [0.15, 0.2) is 0 Å². The van der Waals surface area contributed by atoms with Crippen molar-refractivity contribution in [2.45, 2.75) is 39.0 Å². The SMILES string of the molecule is CCCCCCCNC(=O)Nc1ccc(F)cc1N. The van der Waals surface area contributed by atoms with Crippen LogP contribution < -0.4 is 16.4 Å². The van der Waals surface area contributed by atoms with Crippen molar-refractivity contribution < 1.29 is 9.18 Å². The number of amides is 2. The number of urea groups is 1. The van der Waals surface area contributed by atoms with Gasteiger partial charge in [-0.3, -0.25) is 0 Å². The third-order valence-corrected chi connectivity index (χ3v) is 2.83. The largest absolute Gasteiger partial charge is 0.397 e. The zero-order valence-electron chi connectivity index (χ0n) is 11.3. The molecule has 2 amide bonds. The summed E-state index contributed by atoms with van der Waals surface area (Å²) in [5.41, 5.74) is 6.24. The number of hydrogen-bond donors (Lipinski definition) is 3. The fourth-order valence-corrected chi connectivity index (χ4v) is 1.74. The molecule has 0 heterocycles. The second-order valence-corrected chi connectivity index (χ2v) is 4.53. The van der Waals surface area contributed by atoms with Crippen LogP contribution in [0.4, 0.5) is 20.6 Å². The van der Waals surface area contributed by atoms with Crippen molar-refractivity contribution in [1.29, 1.82) is 0 Å². The van der Waals surface area contributed by atoms with Crippen molar-refractivity contribution in [1.82, 2.24) is 5.32 Å². The molecule has 0 spiro atoms. The van der Waals surface area contributed by atoms with Gasteiger partial charge in [0.2, 0.25) is 0 Å². The second-order valence-electron chi connectivity index (χ2n) is 4.53. The monoisotopic (exact) mass is 267 g/mol. The number of unbranched alkanes of at least 4 members (excludes halogenated alkanes) is 4. The Morgan fingerprint density at radius 2 is 2.00 bits per heavy atom. The molecular formula is C14H22FN3O. The summed E-state index contributed by atoms with van der Waals surface area (Å²) in [5.74, 6) is -0.417. The molecule has 0 unspecified atom stereocenters. The summed E-state index contributed by atoms with van der Waals surface area (Å²) in [7, 11) is 0. The summed E-state index contributed by atoms with van der Waals surface area (Å²) >= 11 is 0. The van der Waals surface area contributed by atoms with Gasteiger partial charge >= 0.3 is 6.03 Å². The van der Waals surface area contributed by atoms with Crippen molar-refractivity contribution in [3.63, 3.8) is 0 Å². The second kappa shape index (κ2) is 8.34. The van der Waals surface area contributed by atoms with Gasteiger partial charge in [-0.05, 0) is 24.6 Å². The summed E-state index contributed by atoms with van der Waals surface area (Å²) < 4.78 is 12.8. The standard InChI is InChI=1S/C14H22FN3O/c1-2-3-4-5-6-9-17-14(19)18-13-8-7-11(15)10-12(13)16/h7-8,10H,2-6,9,16H2,1H3,(H2,17,18,19). The van der Waals surface area contributed by atoms with Gasteiger partial charge in [-0.15, -0.1) is 0 Å². The molecule has 5 heteroatoms. The first-order valence-corrected chi connectivity index (χ1v) is 6.73. The number of anilines is 2. The lowest BCUT2D eigenvalue weighted by atomic mass is 10.1. The zero-order chi connectivity index (χ0) is 14.1. The van der Waals surface area contributed by atoms with Crippen LogP contribution in [0.15, 0.2) is 18.2 Å². The van der Waals surface area contributed by atoms with Crippen LogP contribution in [0.5, 0.6) is 0 Å². The highest BCUT2D eigenvalue weighted by Crippen LogP contribution is 2.18. The van der Waals surface area contributed by atoms with E-state index in [9.17, 15) is 9.18 Å². The third kappa shape index (κ3) is 6.08. The number of benzene rings is 1. The molecule has 1 aromatic carbocycles. The smallest absolute Gasteiger partial charge is 0.319 e. The first-order valence-electron chi connectivity index (χ1n) is 6.73. The van der Waals surface area contributed by atoms with Gasteiger partial charge in [-0.25, -0.2) is 9.18 Å². The van der Waals surface area contributed by atoms with Crippen LogP contribution in [0.25, 0.3) is 0 Å². The maximum absolute atomic E-state index is 12.8. The van der Waals surface area contributed by atoms with E-state index in [1.54, 1.807) is 0 Å². The highest BCUT2D eigenvalue weighted by atomic mass is 19.1. The number of nitrogen functional groups attached to an aromatic ring is 1. The summed E-state index contributed by atoms with van der Waals surface area (Å²) in [6.45, 7) is 2.80. The van der Waals surface area contributed by atoms with E-state index in [1.807, 2.05) is 0 Å². The molecule has 0 aliphatic heterocycles. The highest BCUT2D eigenvalue weighted by Gasteiger charge is 2.05. The van der Waals surface area contributed by atoms with E-state index in [2.05, 4.69) is 17.6 Å². The van der Waals surface area contributed by atoms with Crippen LogP contribution in [0.1, 0.15) is 39.0 Å². The van der Waals surface area contributed by atoms with Gasteiger partial charge in [-0.1, -0.05) is 32.6 Å². The maximum atomic E-state index is 12.8. The Kier molecular flexibility index (Phi) is 6.71. The van der Waals surface area contributed by atoms with Crippen LogP contribution in [-0.2, 0) is 0 Å². The average molecular weight is 267 g/mol.